The fourth-order valence-electron chi connectivity index (χ4n) is 9.31. The molecule has 8 aromatic rings. The SMILES string of the molecule is C1=CC2C=CC(C3C=Cc4ccc5c(c4N3)NC(c3ccccc3)C=C5)=CC2C=C1c1ccc(-c2nc3ccccc3c3c2ccc2c4ccccc4oc23)cc1. The van der Waals surface area contributed by atoms with Gasteiger partial charge in [0, 0.05) is 44.3 Å². The molecule has 4 heteroatoms. The van der Waals surface area contributed by atoms with Gasteiger partial charge in [0.15, 0.2) is 0 Å². The molecule has 12 rings (SSSR count). The van der Waals surface area contributed by atoms with Gasteiger partial charge in [0.05, 0.1) is 34.7 Å². The Kier molecular flexibility index (Phi) is 7.15. The lowest BCUT2D eigenvalue weighted by molar-refractivity contribution is 0.652. The van der Waals surface area contributed by atoms with Gasteiger partial charge in [-0.25, -0.2) is 4.98 Å². The Balaban J connectivity index is 0.848. The standard InChI is InChI=1S/C53H37N3O/c1-2-8-34(9-3-1)45-28-24-36-20-21-37-25-29-46(55-52(37)51(36)54-45)39-23-17-33-16-22-38(30-40(33)31-39)32-14-18-35(19-15-32)50-44-27-26-42-41-10-5-7-13-48(41)57-53(42)49(44)43-11-4-6-12-47(43)56-50/h1-31,33,40,45-46,54-55H. The molecule has 2 aromatic heterocycles. The molecule has 4 heterocycles. The van der Waals surface area contributed by atoms with Crippen LogP contribution in [0.2, 0.25) is 0 Å². The maximum Gasteiger partial charge on any atom is 0.144 e. The van der Waals surface area contributed by atoms with E-state index >= 15 is 0 Å². The van der Waals surface area contributed by atoms with Crippen LogP contribution in [0.3, 0.4) is 0 Å². The van der Waals surface area contributed by atoms with Gasteiger partial charge in [-0.3, -0.25) is 0 Å². The number of fused-ring (bicyclic) bond motifs is 11. The molecule has 4 atom stereocenters. The third kappa shape index (κ3) is 5.25. The van der Waals surface area contributed by atoms with Gasteiger partial charge >= 0.3 is 0 Å². The largest absolute Gasteiger partial charge is 0.455 e. The fraction of sp³-hybridized carbons (Fsp3) is 0.0755. The number of benzene rings is 6. The normalized spacial score (nSPS) is 20.5. The molecule has 0 bridgehead atoms. The lowest BCUT2D eigenvalue weighted by Gasteiger charge is -2.32. The first-order valence-electron chi connectivity index (χ1n) is 19.9. The molecule has 4 aliphatic rings. The Morgan fingerprint density at radius 2 is 1.18 bits per heavy atom. The van der Waals surface area contributed by atoms with Crippen LogP contribution in [0.4, 0.5) is 11.4 Å². The number of pyridine rings is 1. The lowest BCUT2D eigenvalue weighted by Crippen LogP contribution is -2.26. The maximum absolute atomic E-state index is 6.54. The highest BCUT2D eigenvalue weighted by Gasteiger charge is 2.27. The van der Waals surface area contributed by atoms with Crippen LogP contribution in [0.15, 0.2) is 186 Å². The summed E-state index contributed by atoms with van der Waals surface area (Å²) >= 11 is 0. The maximum atomic E-state index is 6.54. The smallest absolute Gasteiger partial charge is 0.144 e. The summed E-state index contributed by atoms with van der Waals surface area (Å²) in [6.45, 7) is 0. The summed E-state index contributed by atoms with van der Waals surface area (Å²) in [6, 6.07) is 45.3. The predicted octanol–water partition coefficient (Wildman–Crippen LogP) is 13.3. The average Bonchev–Trinajstić information content (AvgIpc) is 3.67. The molecular weight excluding hydrogens is 695 g/mol. The van der Waals surface area contributed by atoms with E-state index in [2.05, 4.69) is 187 Å². The lowest BCUT2D eigenvalue weighted by atomic mass is 9.78. The quantitative estimate of drug-likeness (QED) is 0.177. The van der Waals surface area contributed by atoms with Crippen LogP contribution < -0.4 is 10.6 Å². The highest BCUT2D eigenvalue weighted by molar-refractivity contribution is 6.24. The number of anilines is 2. The van der Waals surface area contributed by atoms with E-state index in [-0.39, 0.29) is 18.0 Å². The van der Waals surface area contributed by atoms with Gasteiger partial charge < -0.3 is 15.1 Å². The molecule has 2 N–H and O–H groups in total. The van der Waals surface area contributed by atoms with E-state index in [0.717, 1.165) is 66.2 Å². The predicted molar refractivity (Wildman–Crippen MR) is 238 cm³/mol. The van der Waals surface area contributed by atoms with E-state index < -0.39 is 0 Å². The third-order valence-electron chi connectivity index (χ3n) is 12.2. The number of nitrogens with zero attached hydrogens (tertiary/aromatic N) is 1. The Hall–Kier alpha value is -7.17. The molecule has 270 valence electrons. The summed E-state index contributed by atoms with van der Waals surface area (Å²) < 4.78 is 6.54. The van der Waals surface area contributed by atoms with Crippen LogP contribution >= 0.6 is 0 Å². The number of hydrogen-bond donors (Lipinski definition) is 2. The summed E-state index contributed by atoms with van der Waals surface area (Å²) in [5.74, 6) is 0.609. The Bertz CT molecular complexity index is 3140. The van der Waals surface area contributed by atoms with Crippen molar-refractivity contribution in [2.45, 2.75) is 12.1 Å². The number of nitrogens with one attached hydrogen (secondary N) is 2. The van der Waals surface area contributed by atoms with E-state index in [4.69, 9.17) is 9.40 Å². The Labute approximate surface area is 330 Å². The molecule has 2 aliphatic carbocycles. The van der Waals surface area contributed by atoms with Crippen LogP contribution in [-0.4, -0.2) is 11.0 Å². The highest BCUT2D eigenvalue weighted by Crippen LogP contribution is 2.44. The molecule has 4 unspecified atom stereocenters. The van der Waals surface area contributed by atoms with Crippen molar-refractivity contribution >= 4 is 72.7 Å². The van der Waals surface area contributed by atoms with Crippen molar-refractivity contribution < 1.29 is 4.42 Å². The minimum Gasteiger partial charge on any atom is -0.455 e. The topological polar surface area (TPSA) is 50.1 Å². The number of allylic oxidation sites excluding steroid dienone is 6. The van der Waals surface area contributed by atoms with E-state index in [1.807, 2.05) is 12.1 Å². The Morgan fingerprint density at radius 1 is 0.491 bits per heavy atom. The van der Waals surface area contributed by atoms with Gasteiger partial charge in [-0.1, -0.05) is 170 Å². The van der Waals surface area contributed by atoms with Crippen LogP contribution in [0, 0.1) is 11.8 Å². The molecule has 0 spiro atoms. The van der Waals surface area contributed by atoms with Crippen molar-refractivity contribution in [3.8, 4) is 11.3 Å². The van der Waals surface area contributed by atoms with Crippen LogP contribution in [0.1, 0.15) is 28.3 Å². The number of furan rings is 1. The second-order valence-electron chi connectivity index (χ2n) is 15.5. The van der Waals surface area contributed by atoms with E-state index in [0.29, 0.717) is 5.92 Å². The molecule has 0 amide bonds. The summed E-state index contributed by atoms with van der Waals surface area (Å²) in [4.78, 5) is 5.23. The number of aromatic nitrogens is 1. The summed E-state index contributed by atoms with van der Waals surface area (Å²) in [5, 5.41) is 13.3. The monoisotopic (exact) mass is 731 g/mol. The second-order valence-corrected chi connectivity index (χ2v) is 15.5. The third-order valence-corrected chi connectivity index (χ3v) is 12.2. The molecule has 0 saturated heterocycles. The van der Waals surface area contributed by atoms with Crippen LogP contribution in [0.5, 0.6) is 0 Å². The molecular formula is C53H37N3O. The van der Waals surface area contributed by atoms with Crippen molar-refractivity contribution in [3.05, 3.63) is 204 Å². The number of para-hydroxylation sites is 2. The van der Waals surface area contributed by atoms with E-state index in [1.165, 1.54) is 33.4 Å². The summed E-state index contributed by atoms with van der Waals surface area (Å²) in [7, 11) is 0. The highest BCUT2D eigenvalue weighted by atomic mass is 16.3. The van der Waals surface area contributed by atoms with Gasteiger partial charge in [0.1, 0.15) is 11.2 Å². The van der Waals surface area contributed by atoms with Crippen molar-refractivity contribution in [2.24, 2.45) is 11.8 Å². The molecule has 6 aromatic carbocycles. The minimum absolute atomic E-state index is 0.0798. The molecule has 4 nitrogen and oxygen atoms in total. The van der Waals surface area contributed by atoms with Crippen LogP contribution in [0.25, 0.3) is 72.6 Å². The first-order chi connectivity index (χ1) is 28.2. The van der Waals surface area contributed by atoms with Crippen molar-refractivity contribution in [1.29, 1.82) is 0 Å². The van der Waals surface area contributed by atoms with Gasteiger partial charge in [-0.05, 0) is 51.6 Å². The Morgan fingerprint density at radius 3 is 2.02 bits per heavy atom. The molecule has 0 radical (unpaired) electrons. The van der Waals surface area contributed by atoms with Crippen molar-refractivity contribution in [3.63, 3.8) is 0 Å². The molecule has 0 fully saturated rings. The van der Waals surface area contributed by atoms with E-state index in [1.54, 1.807) is 0 Å². The van der Waals surface area contributed by atoms with Crippen molar-refractivity contribution in [1.82, 2.24) is 4.98 Å². The first-order valence-corrected chi connectivity index (χ1v) is 19.9. The van der Waals surface area contributed by atoms with Gasteiger partial charge in [-0.2, -0.15) is 0 Å². The molecule has 57 heavy (non-hydrogen) atoms. The number of hydrogen-bond acceptors (Lipinski definition) is 4. The minimum atomic E-state index is 0.0798. The summed E-state index contributed by atoms with van der Waals surface area (Å²) in [5.41, 5.74) is 14.6. The van der Waals surface area contributed by atoms with Gasteiger partial charge in [0.2, 0.25) is 0 Å². The zero-order valence-corrected chi connectivity index (χ0v) is 31.1. The van der Waals surface area contributed by atoms with Gasteiger partial charge in [-0.15, -0.1) is 0 Å². The first kappa shape index (κ1) is 32.1. The average molecular weight is 732 g/mol. The number of rotatable bonds is 4. The molecule has 0 saturated carbocycles. The second kappa shape index (κ2) is 12.7. The molecule has 2 aliphatic heterocycles. The van der Waals surface area contributed by atoms with Crippen LogP contribution in [-0.2, 0) is 0 Å². The zero-order valence-electron chi connectivity index (χ0n) is 31.1. The van der Waals surface area contributed by atoms with Crippen molar-refractivity contribution in [2.75, 3.05) is 10.6 Å². The summed E-state index contributed by atoms with van der Waals surface area (Å²) in [6.07, 6.45) is 23.3. The fourth-order valence-corrected chi connectivity index (χ4v) is 9.31. The van der Waals surface area contributed by atoms with E-state index in [9.17, 15) is 0 Å². The van der Waals surface area contributed by atoms with Gasteiger partial charge in [0.25, 0.3) is 0 Å². The zero-order chi connectivity index (χ0) is 37.5.